The number of anilines is 2. The van der Waals surface area contributed by atoms with Crippen LogP contribution < -0.4 is 15.0 Å². The van der Waals surface area contributed by atoms with Crippen molar-refractivity contribution >= 4 is 17.4 Å². The van der Waals surface area contributed by atoms with Gasteiger partial charge in [0.2, 0.25) is 5.91 Å². The second-order valence-corrected chi connectivity index (χ2v) is 6.29. The maximum absolute atomic E-state index is 12.3. The summed E-state index contributed by atoms with van der Waals surface area (Å²) in [6, 6.07) is 7.61. The third-order valence-corrected chi connectivity index (χ3v) is 4.16. The Labute approximate surface area is 154 Å². The number of carbonyl (C=O) groups is 1. The maximum Gasteiger partial charge on any atom is 0.573 e. The van der Waals surface area contributed by atoms with Gasteiger partial charge in [0.1, 0.15) is 11.6 Å². The molecule has 6 nitrogen and oxygen atoms in total. The van der Waals surface area contributed by atoms with E-state index in [1.807, 2.05) is 22.6 Å². The normalized spacial score (nSPS) is 16.6. The van der Waals surface area contributed by atoms with Crippen LogP contribution >= 0.6 is 0 Å². The zero-order valence-electron chi connectivity index (χ0n) is 14.7. The van der Waals surface area contributed by atoms with Crippen LogP contribution in [0.25, 0.3) is 0 Å². The van der Waals surface area contributed by atoms with E-state index in [4.69, 9.17) is 0 Å². The van der Waals surface area contributed by atoms with Gasteiger partial charge in [-0.05, 0) is 37.3 Å². The van der Waals surface area contributed by atoms with E-state index in [9.17, 15) is 18.0 Å². The van der Waals surface area contributed by atoms with Crippen LogP contribution in [0.5, 0.6) is 5.75 Å². The Morgan fingerprint density at radius 3 is 2.70 bits per heavy atom. The molecule has 1 aromatic carbocycles. The smallest absolute Gasteiger partial charge is 0.406 e. The summed E-state index contributed by atoms with van der Waals surface area (Å²) in [7, 11) is 0. The first kappa shape index (κ1) is 18.8. The van der Waals surface area contributed by atoms with E-state index in [-0.39, 0.29) is 17.6 Å². The molecule has 27 heavy (non-hydrogen) atoms. The standard InChI is InChI=1S/C18H19F3N4O2/c1-3-16(26)22-9-13-10-24(17-8-12(2)23-25(17)11-13)14-4-6-15(7-5-14)27-18(19,20)21/h3-8,13H,1,9-11H2,2H3,(H,22,26)/t13-/m0/s1. The maximum atomic E-state index is 12.3. The molecule has 1 amide bonds. The van der Waals surface area contributed by atoms with Crippen molar-refractivity contribution in [2.24, 2.45) is 5.92 Å². The second kappa shape index (κ2) is 7.34. The van der Waals surface area contributed by atoms with Gasteiger partial charge in [0, 0.05) is 37.3 Å². The summed E-state index contributed by atoms with van der Waals surface area (Å²) in [5.41, 5.74) is 1.55. The molecule has 0 saturated heterocycles. The molecule has 1 N–H and O–H groups in total. The number of carbonyl (C=O) groups excluding carboxylic acids is 1. The molecule has 0 bridgehead atoms. The summed E-state index contributed by atoms with van der Waals surface area (Å²) in [6.07, 6.45) is -3.51. The number of nitrogens with one attached hydrogen (secondary N) is 1. The molecule has 1 aliphatic heterocycles. The highest BCUT2D eigenvalue weighted by molar-refractivity contribution is 5.86. The fourth-order valence-corrected chi connectivity index (χ4v) is 3.05. The fraction of sp³-hybridized carbons (Fsp3) is 0.333. The Morgan fingerprint density at radius 1 is 1.37 bits per heavy atom. The third-order valence-electron chi connectivity index (χ3n) is 4.16. The highest BCUT2D eigenvalue weighted by Crippen LogP contribution is 2.33. The number of fused-ring (bicyclic) bond motifs is 1. The number of ether oxygens (including phenoxy) is 1. The SMILES string of the molecule is C=CC(=O)NC[C@H]1CN(c2ccc(OC(F)(F)F)cc2)c2cc(C)nn2C1. The van der Waals surface area contributed by atoms with Crippen LogP contribution in [0.4, 0.5) is 24.7 Å². The van der Waals surface area contributed by atoms with Gasteiger partial charge < -0.3 is 15.0 Å². The molecule has 0 spiro atoms. The van der Waals surface area contributed by atoms with Crippen LogP contribution in [0.3, 0.4) is 0 Å². The van der Waals surface area contributed by atoms with Crippen molar-refractivity contribution in [1.29, 1.82) is 0 Å². The predicted octanol–water partition coefficient (Wildman–Crippen LogP) is 3.16. The lowest BCUT2D eigenvalue weighted by molar-refractivity contribution is -0.274. The molecule has 0 aliphatic carbocycles. The summed E-state index contributed by atoms with van der Waals surface area (Å²) in [6.45, 7) is 6.96. The zero-order valence-corrected chi connectivity index (χ0v) is 14.7. The minimum atomic E-state index is -4.73. The average Bonchev–Trinajstić information content (AvgIpc) is 2.98. The lowest BCUT2D eigenvalue weighted by Crippen LogP contribution is -2.41. The largest absolute Gasteiger partial charge is 0.573 e. The lowest BCUT2D eigenvalue weighted by Gasteiger charge is -2.34. The molecule has 2 aromatic rings. The monoisotopic (exact) mass is 380 g/mol. The molecule has 3 rings (SSSR count). The molecular formula is C18H19F3N4O2. The van der Waals surface area contributed by atoms with Crippen molar-refractivity contribution in [2.45, 2.75) is 19.8 Å². The van der Waals surface area contributed by atoms with Crippen LogP contribution in [0.2, 0.25) is 0 Å². The van der Waals surface area contributed by atoms with Gasteiger partial charge in [0.15, 0.2) is 0 Å². The van der Waals surface area contributed by atoms with E-state index in [1.54, 1.807) is 12.1 Å². The van der Waals surface area contributed by atoms with E-state index in [1.165, 1.54) is 18.2 Å². The Kier molecular flexibility index (Phi) is 5.11. The number of aryl methyl sites for hydroxylation is 1. The predicted molar refractivity (Wildman–Crippen MR) is 93.8 cm³/mol. The summed E-state index contributed by atoms with van der Waals surface area (Å²) in [4.78, 5) is 13.4. The number of aromatic nitrogens is 2. The highest BCUT2D eigenvalue weighted by atomic mass is 19.4. The number of amides is 1. The zero-order chi connectivity index (χ0) is 19.6. The number of nitrogens with zero attached hydrogens (tertiary/aromatic N) is 3. The van der Waals surface area contributed by atoms with Gasteiger partial charge in [-0.1, -0.05) is 6.58 Å². The van der Waals surface area contributed by atoms with Crippen LogP contribution in [0.1, 0.15) is 5.69 Å². The molecule has 1 atom stereocenters. The lowest BCUT2D eigenvalue weighted by atomic mass is 10.1. The first-order valence-corrected chi connectivity index (χ1v) is 8.33. The van der Waals surface area contributed by atoms with Crippen molar-refractivity contribution in [1.82, 2.24) is 15.1 Å². The highest BCUT2D eigenvalue weighted by Gasteiger charge is 2.31. The number of alkyl halides is 3. The first-order valence-electron chi connectivity index (χ1n) is 8.33. The van der Waals surface area contributed by atoms with E-state index < -0.39 is 6.36 Å². The Balaban J connectivity index is 1.82. The molecule has 0 saturated carbocycles. The van der Waals surface area contributed by atoms with E-state index in [0.717, 1.165) is 11.5 Å². The summed E-state index contributed by atoms with van der Waals surface area (Å²) in [5, 5.41) is 7.24. The second-order valence-electron chi connectivity index (χ2n) is 6.29. The summed E-state index contributed by atoms with van der Waals surface area (Å²) >= 11 is 0. The van der Waals surface area contributed by atoms with Crippen molar-refractivity contribution in [3.63, 3.8) is 0 Å². The van der Waals surface area contributed by atoms with Gasteiger partial charge in [0.05, 0.1) is 5.69 Å². The van der Waals surface area contributed by atoms with Crippen LogP contribution in [-0.4, -0.2) is 35.1 Å². The molecule has 0 unspecified atom stereocenters. The first-order chi connectivity index (χ1) is 12.7. The Hall–Kier alpha value is -2.97. The van der Waals surface area contributed by atoms with Gasteiger partial charge in [0.25, 0.3) is 0 Å². The van der Waals surface area contributed by atoms with Gasteiger partial charge in [-0.25, -0.2) is 4.68 Å². The number of rotatable bonds is 5. The van der Waals surface area contributed by atoms with Gasteiger partial charge in [-0.3, -0.25) is 4.79 Å². The molecule has 1 aromatic heterocycles. The number of hydrogen-bond acceptors (Lipinski definition) is 4. The minimum absolute atomic E-state index is 0.0757. The quantitative estimate of drug-likeness (QED) is 0.810. The van der Waals surface area contributed by atoms with Crippen molar-refractivity contribution in [3.8, 4) is 5.75 Å². The number of hydrogen-bond donors (Lipinski definition) is 1. The number of benzene rings is 1. The Bertz CT molecular complexity index is 830. The fourth-order valence-electron chi connectivity index (χ4n) is 3.05. The Morgan fingerprint density at radius 2 is 2.07 bits per heavy atom. The van der Waals surface area contributed by atoms with Crippen LogP contribution in [-0.2, 0) is 11.3 Å². The van der Waals surface area contributed by atoms with Gasteiger partial charge >= 0.3 is 6.36 Å². The molecule has 0 radical (unpaired) electrons. The van der Waals surface area contributed by atoms with Crippen molar-refractivity contribution in [2.75, 3.05) is 18.0 Å². The van der Waals surface area contributed by atoms with Gasteiger partial charge in [-0.15, -0.1) is 13.2 Å². The van der Waals surface area contributed by atoms with E-state index in [2.05, 4.69) is 21.7 Å². The third kappa shape index (κ3) is 4.60. The van der Waals surface area contributed by atoms with Crippen molar-refractivity contribution < 1.29 is 22.7 Å². The van der Waals surface area contributed by atoms with E-state index >= 15 is 0 Å². The molecule has 2 heterocycles. The number of halogens is 3. The topological polar surface area (TPSA) is 59.4 Å². The van der Waals surface area contributed by atoms with Crippen LogP contribution in [0, 0.1) is 12.8 Å². The molecule has 144 valence electrons. The molecular weight excluding hydrogens is 361 g/mol. The molecule has 9 heteroatoms. The average molecular weight is 380 g/mol. The molecule has 1 aliphatic rings. The van der Waals surface area contributed by atoms with Crippen molar-refractivity contribution in [3.05, 3.63) is 48.7 Å². The minimum Gasteiger partial charge on any atom is -0.406 e. The summed E-state index contributed by atoms with van der Waals surface area (Å²) < 4.78 is 42.8. The van der Waals surface area contributed by atoms with Crippen LogP contribution in [0.15, 0.2) is 43.0 Å². The van der Waals surface area contributed by atoms with Gasteiger partial charge in [-0.2, -0.15) is 5.10 Å². The summed E-state index contributed by atoms with van der Waals surface area (Å²) in [5.74, 6) is 0.399. The van der Waals surface area contributed by atoms with E-state index in [0.29, 0.717) is 25.3 Å². The molecule has 0 fully saturated rings.